The zero-order chi connectivity index (χ0) is 21.8. The molecule has 0 aliphatic rings. The van der Waals surface area contributed by atoms with Crippen molar-refractivity contribution in [1.29, 1.82) is 0 Å². The van der Waals surface area contributed by atoms with Crippen molar-refractivity contribution in [2.24, 2.45) is 0 Å². The van der Waals surface area contributed by atoms with E-state index in [4.69, 9.17) is 5.73 Å². The number of rotatable bonds is 8. The number of hydrogen-bond donors (Lipinski definition) is 2. The number of nitrogens with one attached hydrogen (secondary N) is 1. The summed E-state index contributed by atoms with van der Waals surface area (Å²) in [7, 11) is 0. The molecule has 1 aromatic carbocycles. The fourth-order valence-corrected chi connectivity index (χ4v) is 3.18. The average molecular weight is 425 g/mol. The van der Waals surface area contributed by atoms with Crippen LogP contribution in [0, 0.1) is 11.6 Å². The van der Waals surface area contributed by atoms with Gasteiger partial charge >= 0.3 is 0 Å². The third kappa shape index (κ3) is 4.56. The van der Waals surface area contributed by atoms with Crippen molar-refractivity contribution < 1.29 is 8.78 Å². The molecule has 3 N–H and O–H groups in total. The highest BCUT2D eigenvalue weighted by atomic mass is 19.1. The number of aromatic nitrogens is 7. The molecule has 0 aliphatic carbocycles. The number of nitrogens with two attached hydrogens (primary N) is 1. The van der Waals surface area contributed by atoms with Gasteiger partial charge in [0.1, 0.15) is 17.5 Å². The molecule has 4 aromatic rings. The minimum atomic E-state index is -0.738. The fraction of sp³-hybridized carbons (Fsp3) is 0.250. The minimum Gasteiger partial charge on any atom is -0.383 e. The lowest BCUT2D eigenvalue weighted by molar-refractivity contribution is 0.550. The van der Waals surface area contributed by atoms with Gasteiger partial charge in [0, 0.05) is 36.1 Å². The number of anilines is 1. The molecule has 31 heavy (non-hydrogen) atoms. The van der Waals surface area contributed by atoms with Gasteiger partial charge in [-0.05, 0) is 48.1 Å². The van der Waals surface area contributed by atoms with E-state index < -0.39 is 11.6 Å². The maximum Gasteiger partial charge on any atom is 0.190 e. The van der Waals surface area contributed by atoms with Crippen molar-refractivity contribution in [3.05, 3.63) is 54.5 Å². The van der Waals surface area contributed by atoms with Crippen molar-refractivity contribution >= 4 is 5.82 Å². The summed E-state index contributed by atoms with van der Waals surface area (Å²) in [6.45, 7) is 4.71. The van der Waals surface area contributed by atoms with Crippen LogP contribution in [-0.2, 0) is 6.54 Å². The second kappa shape index (κ2) is 8.96. The highest BCUT2D eigenvalue weighted by molar-refractivity contribution is 5.76. The largest absolute Gasteiger partial charge is 0.383 e. The Bertz CT molecular complexity index is 1160. The molecule has 0 aliphatic heterocycles. The zero-order valence-corrected chi connectivity index (χ0v) is 16.8. The molecule has 0 bridgehead atoms. The van der Waals surface area contributed by atoms with Crippen LogP contribution < -0.4 is 11.1 Å². The predicted octanol–water partition coefficient (Wildman–Crippen LogP) is 2.45. The number of benzene rings is 1. The van der Waals surface area contributed by atoms with Crippen molar-refractivity contribution in [2.75, 3.05) is 18.8 Å². The molecule has 0 fully saturated rings. The summed E-state index contributed by atoms with van der Waals surface area (Å²) in [5.41, 5.74) is 8.26. The van der Waals surface area contributed by atoms with Crippen LogP contribution in [0.4, 0.5) is 14.6 Å². The number of aryl methyl sites for hydroxylation is 1. The fourth-order valence-electron chi connectivity index (χ4n) is 3.18. The Hall–Kier alpha value is -3.73. The molecule has 0 saturated heterocycles. The molecule has 0 spiro atoms. The molecule has 0 unspecified atom stereocenters. The summed E-state index contributed by atoms with van der Waals surface area (Å²) in [4.78, 5) is 4.25. The van der Waals surface area contributed by atoms with Gasteiger partial charge in [-0.25, -0.2) is 13.8 Å². The monoisotopic (exact) mass is 425 g/mol. The maximum atomic E-state index is 13.7. The highest BCUT2D eigenvalue weighted by Gasteiger charge is 2.17. The standard InChI is InChI=1S/C20H21F2N9/c1-2-24-4-3-5-30-12-14(11-26-30)13-6-18(19(23)25-10-13)20-27-28-29-31(20)17-8-15(21)7-16(22)9-17/h6-12,24H,2-5H2,1H3,(H2,23,25). The Morgan fingerprint density at radius 1 is 1.06 bits per heavy atom. The topological polar surface area (TPSA) is 112 Å². The van der Waals surface area contributed by atoms with Crippen LogP contribution >= 0.6 is 0 Å². The molecule has 0 saturated carbocycles. The van der Waals surface area contributed by atoms with E-state index in [1.165, 1.54) is 4.68 Å². The van der Waals surface area contributed by atoms with Crippen molar-refractivity contribution in [3.63, 3.8) is 0 Å². The van der Waals surface area contributed by atoms with Crippen LogP contribution in [0.5, 0.6) is 0 Å². The third-order valence-corrected chi connectivity index (χ3v) is 4.68. The van der Waals surface area contributed by atoms with E-state index in [9.17, 15) is 8.78 Å². The zero-order valence-electron chi connectivity index (χ0n) is 16.8. The van der Waals surface area contributed by atoms with Gasteiger partial charge in [0.05, 0.1) is 17.4 Å². The predicted molar refractivity (Wildman–Crippen MR) is 111 cm³/mol. The Morgan fingerprint density at radius 2 is 1.87 bits per heavy atom. The lowest BCUT2D eigenvalue weighted by Gasteiger charge is -2.08. The van der Waals surface area contributed by atoms with E-state index >= 15 is 0 Å². The van der Waals surface area contributed by atoms with E-state index in [0.717, 1.165) is 55.4 Å². The number of tetrazole rings is 1. The second-order valence-electron chi connectivity index (χ2n) is 6.90. The normalized spacial score (nSPS) is 11.2. The SMILES string of the molecule is CCNCCCn1cc(-c2cnc(N)c(-c3nnnn3-c3cc(F)cc(F)c3)c2)cn1. The van der Waals surface area contributed by atoms with Crippen LogP contribution in [-0.4, -0.2) is 48.1 Å². The van der Waals surface area contributed by atoms with Gasteiger partial charge in [-0.1, -0.05) is 6.92 Å². The summed E-state index contributed by atoms with van der Waals surface area (Å²) in [6, 6.07) is 4.82. The summed E-state index contributed by atoms with van der Waals surface area (Å²) in [5, 5.41) is 19.2. The van der Waals surface area contributed by atoms with Gasteiger partial charge in [0.25, 0.3) is 0 Å². The quantitative estimate of drug-likeness (QED) is 0.417. The van der Waals surface area contributed by atoms with Crippen molar-refractivity contribution in [2.45, 2.75) is 19.9 Å². The average Bonchev–Trinajstić information content (AvgIpc) is 3.41. The van der Waals surface area contributed by atoms with E-state index in [1.54, 1.807) is 18.5 Å². The summed E-state index contributed by atoms with van der Waals surface area (Å²) in [6.07, 6.45) is 6.26. The Kier molecular flexibility index (Phi) is 5.94. The lowest BCUT2D eigenvalue weighted by atomic mass is 10.1. The van der Waals surface area contributed by atoms with Gasteiger partial charge < -0.3 is 11.1 Å². The van der Waals surface area contributed by atoms with Crippen LogP contribution in [0.3, 0.4) is 0 Å². The van der Waals surface area contributed by atoms with E-state index in [1.807, 2.05) is 10.9 Å². The molecule has 0 amide bonds. The first-order valence-electron chi connectivity index (χ1n) is 9.79. The number of nitrogen functional groups attached to an aromatic ring is 1. The second-order valence-corrected chi connectivity index (χ2v) is 6.90. The first-order valence-corrected chi connectivity index (χ1v) is 9.79. The van der Waals surface area contributed by atoms with Gasteiger partial charge in [-0.15, -0.1) is 5.10 Å². The minimum absolute atomic E-state index is 0.135. The third-order valence-electron chi connectivity index (χ3n) is 4.68. The number of nitrogens with zero attached hydrogens (tertiary/aromatic N) is 7. The molecule has 3 heterocycles. The molecular weight excluding hydrogens is 404 g/mol. The van der Waals surface area contributed by atoms with Gasteiger partial charge in [-0.3, -0.25) is 4.68 Å². The Balaban J connectivity index is 1.65. The van der Waals surface area contributed by atoms with Crippen LogP contribution in [0.25, 0.3) is 28.2 Å². The summed E-state index contributed by atoms with van der Waals surface area (Å²) < 4.78 is 30.4. The number of halogens is 2. The molecule has 160 valence electrons. The van der Waals surface area contributed by atoms with Crippen LogP contribution in [0.2, 0.25) is 0 Å². The lowest BCUT2D eigenvalue weighted by Crippen LogP contribution is -2.16. The molecule has 11 heteroatoms. The summed E-state index contributed by atoms with van der Waals surface area (Å²) >= 11 is 0. The van der Waals surface area contributed by atoms with Gasteiger partial charge in [0.2, 0.25) is 0 Å². The molecule has 4 rings (SSSR count). The Labute approximate surface area is 176 Å². The molecule has 0 radical (unpaired) electrons. The number of pyridine rings is 1. The van der Waals surface area contributed by atoms with Crippen molar-refractivity contribution in [1.82, 2.24) is 40.3 Å². The highest BCUT2D eigenvalue weighted by Crippen LogP contribution is 2.29. The Morgan fingerprint density at radius 3 is 2.65 bits per heavy atom. The van der Waals surface area contributed by atoms with Crippen molar-refractivity contribution in [3.8, 4) is 28.2 Å². The first-order chi connectivity index (χ1) is 15.0. The van der Waals surface area contributed by atoms with Gasteiger partial charge in [0.15, 0.2) is 5.82 Å². The number of hydrogen-bond acceptors (Lipinski definition) is 7. The first kappa shape index (κ1) is 20.5. The molecular formula is C20H21F2N9. The summed E-state index contributed by atoms with van der Waals surface area (Å²) in [5.74, 6) is -1.07. The smallest absolute Gasteiger partial charge is 0.190 e. The van der Waals surface area contributed by atoms with Crippen LogP contribution in [0.1, 0.15) is 13.3 Å². The van der Waals surface area contributed by atoms with E-state index in [-0.39, 0.29) is 17.3 Å². The molecule has 0 atom stereocenters. The molecule has 9 nitrogen and oxygen atoms in total. The maximum absolute atomic E-state index is 13.7. The van der Waals surface area contributed by atoms with E-state index in [2.05, 4.69) is 37.8 Å². The van der Waals surface area contributed by atoms with Gasteiger partial charge in [-0.2, -0.15) is 9.78 Å². The molecule has 3 aromatic heterocycles. The van der Waals surface area contributed by atoms with E-state index in [0.29, 0.717) is 5.56 Å². The van der Waals surface area contributed by atoms with Crippen LogP contribution in [0.15, 0.2) is 42.9 Å².